The maximum Gasteiger partial charge on any atom is 0.220 e. The molecule has 0 aliphatic rings. The average Bonchev–Trinajstić information content (AvgIpc) is 2.98. The van der Waals surface area contributed by atoms with Gasteiger partial charge in [0.25, 0.3) is 0 Å². The van der Waals surface area contributed by atoms with Gasteiger partial charge in [-0.05, 0) is 18.1 Å². The number of aromatic nitrogens is 1. The Morgan fingerprint density at radius 3 is 2.95 bits per heavy atom. The van der Waals surface area contributed by atoms with Crippen LogP contribution in [-0.4, -0.2) is 17.4 Å². The number of hydrogen-bond donors (Lipinski definition) is 2. The molecule has 0 radical (unpaired) electrons. The van der Waals surface area contributed by atoms with Crippen LogP contribution < -0.4 is 11.1 Å². The second-order valence-corrected chi connectivity index (χ2v) is 5.70. The summed E-state index contributed by atoms with van der Waals surface area (Å²) in [6.07, 6.45) is 2.92. The van der Waals surface area contributed by atoms with Crippen molar-refractivity contribution in [3.8, 4) is 0 Å². The molecule has 20 heavy (non-hydrogen) atoms. The Balaban J connectivity index is 1.75. The number of rotatable bonds is 6. The van der Waals surface area contributed by atoms with E-state index in [0.717, 1.165) is 16.3 Å². The van der Waals surface area contributed by atoms with Crippen molar-refractivity contribution >= 4 is 22.9 Å². The number of hydrogen-bond acceptors (Lipinski definition) is 4. The van der Waals surface area contributed by atoms with Gasteiger partial charge in [0, 0.05) is 36.1 Å². The molecule has 0 aliphatic heterocycles. The molecule has 5 heteroatoms. The van der Waals surface area contributed by atoms with Gasteiger partial charge in [0.15, 0.2) is 0 Å². The van der Waals surface area contributed by atoms with Crippen molar-refractivity contribution in [2.75, 3.05) is 12.3 Å². The summed E-state index contributed by atoms with van der Waals surface area (Å²) in [5.74, 6) is 0.303. The van der Waals surface area contributed by atoms with E-state index in [1.807, 2.05) is 29.6 Å². The van der Waals surface area contributed by atoms with Gasteiger partial charge in [-0.15, -0.1) is 11.3 Å². The Labute approximate surface area is 123 Å². The molecule has 0 bridgehead atoms. The van der Waals surface area contributed by atoms with Gasteiger partial charge in [0.05, 0.1) is 5.01 Å². The summed E-state index contributed by atoms with van der Waals surface area (Å²) in [6, 6.07) is 7.65. The van der Waals surface area contributed by atoms with Gasteiger partial charge in [-0.1, -0.05) is 25.1 Å². The molecule has 0 spiro atoms. The number of nitrogens with one attached hydrogen (secondary N) is 1. The Bertz CT molecular complexity index is 554. The third kappa shape index (κ3) is 4.06. The molecule has 0 saturated heterocycles. The molecule has 1 heterocycles. The Kier molecular flexibility index (Phi) is 5.12. The fourth-order valence-corrected chi connectivity index (χ4v) is 2.63. The number of para-hydroxylation sites is 1. The quantitative estimate of drug-likeness (QED) is 0.803. The van der Waals surface area contributed by atoms with E-state index in [1.165, 1.54) is 0 Å². The molecule has 106 valence electrons. The van der Waals surface area contributed by atoms with Crippen molar-refractivity contribution in [1.82, 2.24) is 10.3 Å². The summed E-state index contributed by atoms with van der Waals surface area (Å²) in [5.41, 5.74) is 7.62. The zero-order valence-corrected chi connectivity index (χ0v) is 12.3. The first-order valence-corrected chi connectivity index (χ1v) is 7.54. The fraction of sp³-hybridized carbons (Fsp3) is 0.333. The lowest BCUT2D eigenvalue weighted by molar-refractivity contribution is -0.121. The Hall–Kier alpha value is -1.88. The molecule has 4 nitrogen and oxygen atoms in total. The maximum absolute atomic E-state index is 11.8. The lowest BCUT2D eigenvalue weighted by Gasteiger charge is -2.10. The number of anilines is 1. The van der Waals surface area contributed by atoms with Crippen LogP contribution in [0.3, 0.4) is 0 Å². The maximum atomic E-state index is 11.8. The minimum atomic E-state index is 0.0525. The second kappa shape index (κ2) is 7.05. The Morgan fingerprint density at radius 1 is 1.45 bits per heavy atom. The first-order valence-electron chi connectivity index (χ1n) is 6.66. The third-order valence-electron chi connectivity index (χ3n) is 3.15. The minimum absolute atomic E-state index is 0.0525. The van der Waals surface area contributed by atoms with Gasteiger partial charge in [-0.25, -0.2) is 4.98 Å². The SMILES string of the molecule is CC(CNC(=O)CCc1ccccc1N)c1nccs1. The number of carbonyl (C=O) groups is 1. The molecular formula is C15H19N3OS. The van der Waals surface area contributed by atoms with Crippen LogP contribution in [0, 0.1) is 0 Å². The van der Waals surface area contributed by atoms with Gasteiger partial charge in [0.1, 0.15) is 0 Å². The van der Waals surface area contributed by atoms with Crippen LogP contribution in [0.15, 0.2) is 35.8 Å². The lowest BCUT2D eigenvalue weighted by atomic mass is 10.1. The number of aryl methyl sites for hydroxylation is 1. The highest BCUT2D eigenvalue weighted by atomic mass is 32.1. The van der Waals surface area contributed by atoms with Crippen LogP contribution in [0.2, 0.25) is 0 Å². The molecule has 3 N–H and O–H groups in total. The summed E-state index contributed by atoms with van der Waals surface area (Å²) in [6.45, 7) is 2.69. The minimum Gasteiger partial charge on any atom is -0.399 e. The second-order valence-electron chi connectivity index (χ2n) is 4.77. The van der Waals surface area contributed by atoms with Crippen molar-refractivity contribution < 1.29 is 4.79 Å². The monoisotopic (exact) mass is 289 g/mol. The molecule has 0 aliphatic carbocycles. The van der Waals surface area contributed by atoms with Crippen LogP contribution in [0.4, 0.5) is 5.69 Å². The summed E-state index contributed by atoms with van der Waals surface area (Å²) in [7, 11) is 0. The fourth-order valence-electron chi connectivity index (χ4n) is 1.93. The van der Waals surface area contributed by atoms with E-state index >= 15 is 0 Å². The molecule has 0 saturated carbocycles. The molecular weight excluding hydrogens is 270 g/mol. The first-order chi connectivity index (χ1) is 9.66. The summed E-state index contributed by atoms with van der Waals surface area (Å²) in [5, 5.41) is 5.95. The highest BCUT2D eigenvalue weighted by Gasteiger charge is 2.10. The number of benzene rings is 1. The topological polar surface area (TPSA) is 68.0 Å². The van der Waals surface area contributed by atoms with E-state index in [0.29, 0.717) is 19.4 Å². The molecule has 1 unspecified atom stereocenters. The Morgan fingerprint density at radius 2 is 2.25 bits per heavy atom. The predicted molar refractivity (Wildman–Crippen MR) is 82.7 cm³/mol. The van der Waals surface area contributed by atoms with E-state index < -0.39 is 0 Å². The normalized spacial score (nSPS) is 12.1. The third-order valence-corrected chi connectivity index (χ3v) is 4.16. The van der Waals surface area contributed by atoms with Gasteiger partial charge in [-0.3, -0.25) is 4.79 Å². The summed E-state index contributed by atoms with van der Waals surface area (Å²) in [4.78, 5) is 16.1. The van der Waals surface area contributed by atoms with Crippen molar-refractivity contribution in [2.45, 2.75) is 25.7 Å². The number of carbonyl (C=O) groups excluding carboxylic acids is 1. The zero-order chi connectivity index (χ0) is 14.4. The van der Waals surface area contributed by atoms with Crippen LogP contribution in [0.5, 0.6) is 0 Å². The van der Waals surface area contributed by atoms with E-state index in [9.17, 15) is 4.79 Å². The van der Waals surface area contributed by atoms with Crippen LogP contribution in [0.25, 0.3) is 0 Å². The predicted octanol–water partition coefficient (Wildman–Crippen LogP) is 2.58. The molecule has 0 fully saturated rings. The van der Waals surface area contributed by atoms with Crippen LogP contribution >= 0.6 is 11.3 Å². The number of thiazole rings is 1. The van der Waals surface area contributed by atoms with E-state index in [1.54, 1.807) is 17.5 Å². The highest BCUT2D eigenvalue weighted by Crippen LogP contribution is 2.16. The van der Waals surface area contributed by atoms with Crippen LogP contribution in [0.1, 0.15) is 29.8 Å². The van der Waals surface area contributed by atoms with Gasteiger partial charge in [0.2, 0.25) is 5.91 Å². The van der Waals surface area contributed by atoms with Crippen molar-refractivity contribution in [2.24, 2.45) is 0 Å². The van der Waals surface area contributed by atoms with Gasteiger partial charge >= 0.3 is 0 Å². The standard InChI is InChI=1S/C15H19N3OS/c1-11(15-17-8-9-20-15)10-18-14(19)7-6-12-4-2-3-5-13(12)16/h2-5,8-9,11H,6-7,10,16H2,1H3,(H,18,19). The van der Waals surface area contributed by atoms with Crippen LogP contribution in [-0.2, 0) is 11.2 Å². The van der Waals surface area contributed by atoms with Gasteiger partial charge < -0.3 is 11.1 Å². The molecule has 1 aromatic heterocycles. The number of amides is 1. The van der Waals surface area contributed by atoms with Crippen molar-refractivity contribution in [3.05, 3.63) is 46.4 Å². The highest BCUT2D eigenvalue weighted by molar-refractivity contribution is 7.09. The molecule has 1 amide bonds. The van der Waals surface area contributed by atoms with E-state index in [-0.39, 0.29) is 11.8 Å². The molecule has 1 atom stereocenters. The largest absolute Gasteiger partial charge is 0.399 e. The van der Waals surface area contributed by atoms with Gasteiger partial charge in [-0.2, -0.15) is 0 Å². The number of nitrogen functional groups attached to an aromatic ring is 1. The number of nitrogens with zero attached hydrogens (tertiary/aromatic N) is 1. The van der Waals surface area contributed by atoms with E-state index in [4.69, 9.17) is 5.73 Å². The summed E-state index contributed by atoms with van der Waals surface area (Å²) >= 11 is 1.62. The molecule has 2 rings (SSSR count). The smallest absolute Gasteiger partial charge is 0.220 e. The first kappa shape index (κ1) is 14.5. The van der Waals surface area contributed by atoms with Crippen molar-refractivity contribution in [1.29, 1.82) is 0 Å². The van der Waals surface area contributed by atoms with E-state index in [2.05, 4.69) is 17.2 Å². The molecule has 1 aromatic carbocycles. The lowest BCUT2D eigenvalue weighted by Crippen LogP contribution is -2.27. The van der Waals surface area contributed by atoms with Crippen molar-refractivity contribution in [3.63, 3.8) is 0 Å². The summed E-state index contributed by atoms with van der Waals surface area (Å²) < 4.78 is 0. The average molecular weight is 289 g/mol. The zero-order valence-electron chi connectivity index (χ0n) is 11.5. The molecule has 2 aromatic rings. The number of nitrogens with two attached hydrogens (primary N) is 1.